The number of carbonyl (C=O) groups excluding carboxylic acids is 1. The van der Waals surface area contributed by atoms with Gasteiger partial charge >= 0.3 is 11.1 Å². The van der Waals surface area contributed by atoms with Gasteiger partial charge in [-0.1, -0.05) is 12.1 Å². The lowest BCUT2D eigenvalue weighted by molar-refractivity contribution is -0.121. The number of amides is 1. The quantitative estimate of drug-likeness (QED) is 0.741. The Bertz CT molecular complexity index is 925. The molecule has 1 N–H and O–H groups in total. The Morgan fingerprint density at radius 2 is 1.67 bits per heavy atom. The molecule has 1 aliphatic heterocycles. The van der Waals surface area contributed by atoms with Gasteiger partial charge in [0, 0.05) is 19.1 Å². The zero-order valence-electron chi connectivity index (χ0n) is 16.1. The Kier molecular flexibility index (Phi) is 6.11. The van der Waals surface area contributed by atoms with Gasteiger partial charge in [-0.05, 0) is 58.3 Å². The molecule has 0 bridgehead atoms. The van der Waals surface area contributed by atoms with Crippen molar-refractivity contribution in [1.29, 1.82) is 0 Å². The monoisotopic (exact) mass is 372 g/mol. The van der Waals surface area contributed by atoms with Gasteiger partial charge in [-0.3, -0.25) is 19.0 Å². The van der Waals surface area contributed by atoms with E-state index in [1.54, 1.807) is 18.2 Å². The van der Waals surface area contributed by atoms with E-state index in [1.165, 1.54) is 22.0 Å². The fourth-order valence-corrected chi connectivity index (χ4v) is 3.83. The van der Waals surface area contributed by atoms with Crippen LogP contribution in [-0.4, -0.2) is 45.6 Å². The third-order valence-corrected chi connectivity index (χ3v) is 5.40. The normalized spacial score (nSPS) is 15.9. The van der Waals surface area contributed by atoms with E-state index in [0.29, 0.717) is 30.2 Å². The molecule has 0 aliphatic carbocycles. The summed E-state index contributed by atoms with van der Waals surface area (Å²) in [7, 11) is 0. The molecule has 7 heteroatoms. The first-order valence-corrected chi connectivity index (χ1v) is 9.76. The molecule has 1 aromatic carbocycles. The first-order chi connectivity index (χ1) is 13.0. The number of benzene rings is 1. The number of aryl methyl sites for hydroxylation is 1. The molecule has 0 spiro atoms. The number of fused-ring (bicyclic) bond motifs is 1. The lowest BCUT2D eigenvalue weighted by Crippen LogP contribution is -2.44. The van der Waals surface area contributed by atoms with Crippen molar-refractivity contribution >= 4 is 16.9 Å². The van der Waals surface area contributed by atoms with Crippen LogP contribution in [0.3, 0.4) is 0 Å². The highest BCUT2D eigenvalue weighted by Gasteiger charge is 2.18. The van der Waals surface area contributed by atoms with Crippen LogP contribution in [0.25, 0.3) is 11.0 Å². The molecule has 1 fully saturated rings. The van der Waals surface area contributed by atoms with E-state index >= 15 is 0 Å². The summed E-state index contributed by atoms with van der Waals surface area (Å²) in [5.41, 5.74) is 0.0207. The molecular formula is C20H28N4O3. The van der Waals surface area contributed by atoms with Gasteiger partial charge in [0.15, 0.2) is 0 Å². The van der Waals surface area contributed by atoms with E-state index < -0.39 is 11.1 Å². The summed E-state index contributed by atoms with van der Waals surface area (Å²) in [5.74, 6) is -0.246. The Morgan fingerprint density at radius 3 is 2.30 bits per heavy atom. The second kappa shape index (κ2) is 8.52. The largest absolute Gasteiger partial charge is 0.354 e. The van der Waals surface area contributed by atoms with Crippen molar-refractivity contribution in [3.8, 4) is 0 Å². The molecule has 2 heterocycles. The minimum absolute atomic E-state index is 0.142. The molecule has 0 saturated carbocycles. The minimum Gasteiger partial charge on any atom is -0.354 e. The molecule has 1 amide bonds. The number of nitrogens with zero attached hydrogens (tertiary/aromatic N) is 3. The third kappa shape index (κ3) is 4.13. The predicted octanol–water partition coefficient (Wildman–Crippen LogP) is 1.17. The van der Waals surface area contributed by atoms with Crippen molar-refractivity contribution in [1.82, 2.24) is 19.4 Å². The first-order valence-electron chi connectivity index (χ1n) is 9.76. The van der Waals surface area contributed by atoms with Crippen LogP contribution in [0.5, 0.6) is 0 Å². The van der Waals surface area contributed by atoms with E-state index in [1.807, 2.05) is 13.0 Å². The summed E-state index contributed by atoms with van der Waals surface area (Å²) in [6.07, 6.45) is 3.37. The fraction of sp³-hybridized carbons (Fsp3) is 0.550. The third-order valence-electron chi connectivity index (χ3n) is 5.40. The van der Waals surface area contributed by atoms with Gasteiger partial charge in [-0.25, -0.2) is 0 Å². The Labute approximate surface area is 158 Å². The van der Waals surface area contributed by atoms with Crippen LogP contribution in [0.1, 0.15) is 33.1 Å². The Balaban J connectivity index is 1.71. The van der Waals surface area contributed by atoms with E-state index in [4.69, 9.17) is 0 Å². The molecular weight excluding hydrogens is 344 g/mol. The summed E-state index contributed by atoms with van der Waals surface area (Å²) in [6.45, 7) is 7.10. The molecule has 0 radical (unpaired) electrons. The van der Waals surface area contributed by atoms with Crippen LogP contribution in [0.4, 0.5) is 0 Å². The fourth-order valence-electron chi connectivity index (χ4n) is 3.83. The number of hydrogen-bond acceptors (Lipinski definition) is 4. The molecule has 146 valence electrons. The SMILES string of the molecule is CCn1c(=O)c(=O)n(CC(=O)NCCC(C)N2CCCC2)c2ccccc21. The second-order valence-electron chi connectivity index (χ2n) is 7.16. The summed E-state index contributed by atoms with van der Waals surface area (Å²) in [5, 5.41) is 2.89. The van der Waals surface area contributed by atoms with Gasteiger partial charge in [-0.15, -0.1) is 0 Å². The molecule has 7 nitrogen and oxygen atoms in total. The van der Waals surface area contributed by atoms with Crippen LogP contribution in [-0.2, 0) is 17.9 Å². The number of nitrogens with one attached hydrogen (secondary N) is 1. The molecule has 2 aromatic rings. The standard InChI is InChI=1S/C20H28N4O3/c1-3-23-16-8-4-5-9-17(16)24(20(27)19(23)26)14-18(25)21-11-10-15(2)22-12-6-7-13-22/h4-5,8-9,15H,3,6-7,10-14H2,1-2H3,(H,21,25). The molecule has 1 aromatic heterocycles. The maximum absolute atomic E-state index is 12.5. The van der Waals surface area contributed by atoms with Gasteiger partial charge in [0.25, 0.3) is 0 Å². The molecule has 1 unspecified atom stereocenters. The van der Waals surface area contributed by atoms with Gasteiger partial charge in [-0.2, -0.15) is 0 Å². The Morgan fingerprint density at radius 1 is 1.07 bits per heavy atom. The highest BCUT2D eigenvalue weighted by molar-refractivity contribution is 5.80. The van der Waals surface area contributed by atoms with Crippen molar-refractivity contribution in [3.63, 3.8) is 0 Å². The lowest BCUT2D eigenvalue weighted by Gasteiger charge is -2.23. The second-order valence-corrected chi connectivity index (χ2v) is 7.16. The van der Waals surface area contributed by atoms with Crippen LogP contribution < -0.4 is 16.4 Å². The van der Waals surface area contributed by atoms with Crippen molar-refractivity contribution in [2.75, 3.05) is 19.6 Å². The molecule has 1 aliphatic rings. The molecule has 1 saturated heterocycles. The molecule has 27 heavy (non-hydrogen) atoms. The smallest absolute Gasteiger partial charge is 0.317 e. The topological polar surface area (TPSA) is 76.3 Å². The summed E-state index contributed by atoms with van der Waals surface area (Å²) < 4.78 is 2.73. The van der Waals surface area contributed by atoms with Crippen molar-refractivity contribution in [2.45, 2.75) is 52.2 Å². The van der Waals surface area contributed by atoms with E-state index in [-0.39, 0.29) is 12.5 Å². The maximum atomic E-state index is 12.5. The Hall–Kier alpha value is -2.41. The zero-order chi connectivity index (χ0) is 19.4. The number of aromatic nitrogens is 2. The van der Waals surface area contributed by atoms with Crippen LogP contribution in [0.2, 0.25) is 0 Å². The van der Waals surface area contributed by atoms with E-state index in [2.05, 4.69) is 17.1 Å². The number of likely N-dealkylation sites (tertiary alicyclic amines) is 1. The number of carbonyl (C=O) groups is 1. The predicted molar refractivity (Wildman–Crippen MR) is 106 cm³/mol. The van der Waals surface area contributed by atoms with Crippen LogP contribution >= 0.6 is 0 Å². The number of hydrogen-bond donors (Lipinski definition) is 1. The van der Waals surface area contributed by atoms with Crippen LogP contribution in [0.15, 0.2) is 33.9 Å². The van der Waals surface area contributed by atoms with Crippen molar-refractivity contribution < 1.29 is 4.79 Å². The number of para-hydroxylation sites is 2. The molecule has 1 atom stereocenters. The van der Waals surface area contributed by atoms with Crippen LogP contribution in [0, 0.1) is 0 Å². The summed E-state index contributed by atoms with van der Waals surface area (Å²) in [4.78, 5) is 39.7. The van der Waals surface area contributed by atoms with Gasteiger partial charge in [0.1, 0.15) is 6.54 Å². The van der Waals surface area contributed by atoms with E-state index in [9.17, 15) is 14.4 Å². The van der Waals surface area contributed by atoms with Crippen molar-refractivity contribution in [2.24, 2.45) is 0 Å². The summed E-state index contributed by atoms with van der Waals surface area (Å²) in [6, 6.07) is 7.63. The van der Waals surface area contributed by atoms with Gasteiger partial charge in [0.05, 0.1) is 11.0 Å². The average molecular weight is 372 g/mol. The first kappa shape index (κ1) is 19.4. The highest BCUT2D eigenvalue weighted by atomic mass is 16.2. The maximum Gasteiger partial charge on any atom is 0.317 e. The average Bonchev–Trinajstić information content (AvgIpc) is 3.20. The summed E-state index contributed by atoms with van der Waals surface area (Å²) >= 11 is 0. The van der Waals surface area contributed by atoms with Crippen molar-refractivity contribution in [3.05, 3.63) is 45.0 Å². The zero-order valence-corrected chi connectivity index (χ0v) is 16.1. The molecule has 3 rings (SSSR count). The van der Waals surface area contributed by atoms with Gasteiger partial charge in [0.2, 0.25) is 5.91 Å². The minimum atomic E-state index is -0.656. The number of rotatable bonds is 7. The van der Waals surface area contributed by atoms with E-state index in [0.717, 1.165) is 19.5 Å². The highest BCUT2D eigenvalue weighted by Crippen LogP contribution is 2.13. The van der Waals surface area contributed by atoms with Gasteiger partial charge < -0.3 is 14.8 Å². The lowest BCUT2D eigenvalue weighted by atomic mass is 10.2.